The average Bonchev–Trinajstić information content (AvgIpc) is 3.17. The lowest BCUT2D eigenvalue weighted by Crippen LogP contribution is -2.35. The molecule has 1 saturated heterocycles. The van der Waals surface area contributed by atoms with Crippen LogP contribution in [0.1, 0.15) is 28.8 Å². The number of thiophene rings is 1. The Morgan fingerprint density at radius 1 is 1.19 bits per heavy atom. The van der Waals surface area contributed by atoms with Gasteiger partial charge in [-0.15, -0.1) is 11.3 Å². The number of methoxy groups -OCH3 is 1. The van der Waals surface area contributed by atoms with E-state index >= 15 is 0 Å². The maximum atomic E-state index is 11.5. The fourth-order valence-corrected chi connectivity index (χ4v) is 4.33. The zero-order chi connectivity index (χ0) is 17.9. The minimum atomic E-state index is -0.283. The fraction of sp³-hybridized carbons (Fsp3) is 0.350. The topological polar surface area (TPSA) is 55.3 Å². The molecule has 0 atom stereocenters. The molecule has 0 spiro atoms. The van der Waals surface area contributed by atoms with Gasteiger partial charge in [-0.25, -0.2) is 14.8 Å². The van der Waals surface area contributed by atoms with Gasteiger partial charge in [-0.1, -0.05) is 12.1 Å². The molecule has 0 N–H and O–H groups in total. The molecule has 1 aromatic carbocycles. The Morgan fingerprint density at radius 3 is 2.69 bits per heavy atom. The highest BCUT2D eigenvalue weighted by atomic mass is 32.1. The first-order valence-electron chi connectivity index (χ1n) is 8.85. The SMILES string of the molecule is COC(=O)c1ccc(CC2CCN(c3ncnc4sccc34)CC2)cc1. The summed E-state index contributed by atoms with van der Waals surface area (Å²) in [6.45, 7) is 2.04. The number of piperidine rings is 1. The molecular weight excluding hydrogens is 346 g/mol. The third kappa shape index (κ3) is 3.42. The summed E-state index contributed by atoms with van der Waals surface area (Å²) < 4.78 is 4.75. The van der Waals surface area contributed by atoms with Crippen molar-refractivity contribution in [2.24, 2.45) is 5.92 Å². The van der Waals surface area contributed by atoms with Gasteiger partial charge >= 0.3 is 5.97 Å². The Balaban J connectivity index is 1.38. The molecule has 2 aromatic heterocycles. The van der Waals surface area contributed by atoms with Crippen LogP contribution < -0.4 is 4.90 Å². The average molecular weight is 367 g/mol. The highest BCUT2D eigenvalue weighted by Crippen LogP contribution is 2.30. The normalized spacial score (nSPS) is 15.3. The molecule has 0 saturated carbocycles. The van der Waals surface area contributed by atoms with Crippen LogP contribution in [0.5, 0.6) is 0 Å². The molecule has 1 fully saturated rings. The zero-order valence-corrected chi connectivity index (χ0v) is 15.5. The lowest BCUT2D eigenvalue weighted by Gasteiger charge is -2.33. The van der Waals surface area contributed by atoms with E-state index in [1.165, 1.54) is 12.7 Å². The number of carbonyl (C=O) groups excluding carboxylic acids is 1. The number of nitrogens with zero attached hydrogens (tertiary/aromatic N) is 3. The number of benzene rings is 1. The van der Waals surface area contributed by atoms with Gasteiger partial charge in [-0.05, 0) is 54.3 Å². The van der Waals surface area contributed by atoms with Gasteiger partial charge in [0.25, 0.3) is 0 Å². The molecule has 4 rings (SSSR count). The van der Waals surface area contributed by atoms with E-state index < -0.39 is 0 Å². The Bertz CT molecular complexity index is 899. The van der Waals surface area contributed by atoms with Crippen molar-refractivity contribution in [2.45, 2.75) is 19.3 Å². The van der Waals surface area contributed by atoms with Gasteiger partial charge in [0.2, 0.25) is 0 Å². The van der Waals surface area contributed by atoms with E-state index in [0.717, 1.165) is 48.4 Å². The maximum absolute atomic E-state index is 11.5. The van der Waals surface area contributed by atoms with Crippen molar-refractivity contribution in [3.63, 3.8) is 0 Å². The van der Waals surface area contributed by atoms with E-state index in [1.807, 2.05) is 24.3 Å². The van der Waals surface area contributed by atoms with Crippen LogP contribution in [0.2, 0.25) is 0 Å². The highest BCUT2D eigenvalue weighted by Gasteiger charge is 2.22. The lowest BCUT2D eigenvalue weighted by atomic mass is 9.90. The highest BCUT2D eigenvalue weighted by molar-refractivity contribution is 7.16. The van der Waals surface area contributed by atoms with Crippen LogP contribution in [0, 0.1) is 5.92 Å². The van der Waals surface area contributed by atoms with Crippen molar-refractivity contribution in [3.05, 3.63) is 53.2 Å². The minimum absolute atomic E-state index is 0.283. The minimum Gasteiger partial charge on any atom is -0.465 e. The molecule has 1 aliphatic rings. The molecule has 0 aliphatic carbocycles. The molecule has 6 heteroatoms. The third-order valence-electron chi connectivity index (χ3n) is 5.05. The van der Waals surface area contributed by atoms with E-state index in [4.69, 9.17) is 4.74 Å². The lowest BCUT2D eigenvalue weighted by molar-refractivity contribution is 0.0600. The molecule has 1 aliphatic heterocycles. The molecule has 3 aromatic rings. The smallest absolute Gasteiger partial charge is 0.337 e. The van der Waals surface area contributed by atoms with Gasteiger partial charge < -0.3 is 9.64 Å². The number of hydrogen-bond donors (Lipinski definition) is 0. The van der Waals surface area contributed by atoms with Gasteiger partial charge in [-0.3, -0.25) is 0 Å². The molecule has 0 unspecified atom stereocenters. The van der Waals surface area contributed by atoms with Gasteiger partial charge in [0.1, 0.15) is 17.0 Å². The summed E-state index contributed by atoms with van der Waals surface area (Å²) in [5.74, 6) is 1.45. The first kappa shape index (κ1) is 17.0. The van der Waals surface area contributed by atoms with E-state index in [0.29, 0.717) is 11.5 Å². The van der Waals surface area contributed by atoms with E-state index in [2.05, 4.69) is 26.3 Å². The third-order valence-corrected chi connectivity index (χ3v) is 5.87. The predicted octanol–water partition coefficient (Wildman–Crippen LogP) is 3.94. The summed E-state index contributed by atoms with van der Waals surface area (Å²) in [5.41, 5.74) is 1.88. The number of fused-ring (bicyclic) bond motifs is 1. The summed E-state index contributed by atoms with van der Waals surface area (Å²) in [6.07, 6.45) is 5.01. The second-order valence-electron chi connectivity index (χ2n) is 6.66. The largest absolute Gasteiger partial charge is 0.465 e. The summed E-state index contributed by atoms with van der Waals surface area (Å²) >= 11 is 1.66. The van der Waals surface area contributed by atoms with Crippen LogP contribution in [0.3, 0.4) is 0 Å². The van der Waals surface area contributed by atoms with E-state index in [9.17, 15) is 4.79 Å². The Labute approximate surface area is 156 Å². The number of carbonyl (C=O) groups is 1. The van der Waals surface area contributed by atoms with Gasteiger partial charge in [0.15, 0.2) is 0 Å². The standard InChI is InChI=1S/C20H21N3O2S/c1-25-20(24)16-4-2-14(3-5-16)12-15-6-9-23(10-7-15)18-17-8-11-26-19(17)22-13-21-18/h2-5,8,11,13,15H,6-7,9-10,12H2,1H3. The molecular formula is C20H21N3O2S. The number of anilines is 1. The van der Waals surface area contributed by atoms with Crippen molar-refractivity contribution in [1.29, 1.82) is 0 Å². The van der Waals surface area contributed by atoms with Crippen LogP contribution in [0.4, 0.5) is 5.82 Å². The van der Waals surface area contributed by atoms with Crippen LogP contribution in [0.15, 0.2) is 42.0 Å². The Kier molecular flexibility index (Phi) is 4.84. The van der Waals surface area contributed by atoms with Crippen molar-refractivity contribution in [1.82, 2.24) is 9.97 Å². The van der Waals surface area contributed by atoms with E-state index in [-0.39, 0.29) is 5.97 Å². The number of ether oxygens (including phenoxy) is 1. The van der Waals surface area contributed by atoms with Crippen molar-refractivity contribution in [2.75, 3.05) is 25.1 Å². The van der Waals surface area contributed by atoms with Gasteiger partial charge in [-0.2, -0.15) is 0 Å². The summed E-state index contributed by atoms with van der Waals surface area (Å²) in [5, 5.41) is 3.24. The van der Waals surface area contributed by atoms with Crippen LogP contribution >= 0.6 is 11.3 Å². The number of esters is 1. The predicted molar refractivity (Wildman–Crippen MR) is 104 cm³/mol. The molecule has 3 heterocycles. The summed E-state index contributed by atoms with van der Waals surface area (Å²) in [4.78, 5) is 23.8. The molecule has 134 valence electrons. The van der Waals surface area contributed by atoms with Gasteiger partial charge in [0, 0.05) is 13.1 Å². The maximum Gasteiger partial charge on any atom is 0.337 e. The monoisotopic (exact) mass is 367 g/mol. The van der Waals surface area contributed by atoms with Crippen LogP contribution in [0.25, 0.3) is 10.2 Å². The van der Waals surface area contributed by atoms with Crippen LogP contribution in [-0.2, 0) is 11.2 Å². The molecule has 0 amide bonds. The zero-order valence-electron chi connectivity index (χ0n) is 14.7. The molecule has 0 radical (unpaired) electrons. The summed E-state index contributed by atoms with van der Waals surface area (Å²) in [6, 6.07) is 9.90. The Hall–Kier alpha value is -2.47. The van der Waals surface area contributed by atoms with Gasteiger partial charge in [0.05, 0.1) is 18.1 Å². The first-order chi connectivity index (χ1) is 12.7. The van der Waals surface area contributed by atoms with Crippen molar-refractivity contribution in [3.8, 4) is 0 Å². The van der Waals surface area contributed by atoms with Crippen molar-refractivity contribution < 1.29 is 9.53 Å². The second kappa shape index (κ2) is 7.41. The van der Waals surface area contributed by atoms with E-state index in [1.54, 1.807) is 17.7 Å². The fourth-order valence-electron chi connectivity index (χ4n) is 3.61. The number of hydrogen-bond acceptors (Lipinski definition) is 6. The van der Waals surface area contributed by atoms with Crippen LogP contribution in [-0.4, -0.2) is 36.1 Å². The molecule has 26 heavy (non-hydrogen) atoms. The Morgan fingerprint density at radius 2 is 1.96 bits per heavy atom. The van der Waals surface area contributed by atoms with Crippen molar-refractivity contribution >= 4 is 33.3 Å². The number of rotatable bonds is 4. The molecule has 5 nitrogen and oxygen atoms in total. The quantitative estimate of drug-likeness (QED) is 0.654. The molecule has 0 bridgehead atoms. The number of aromatic nitrogens is 2. The first-order valence-corrected chi connectivity index (χ1v) is 9.73. The summed E-state index contributed by atoms with van der Waals surface area (Å²) in [7, 11) is 1.41. The second-order valence-corrected chi connectivity index (χ2v) is 7.55.